The first kappa shape index (κ1) is 13.5. The number of carbonyl (C=O) groups excluding carboxylic acids is 1. The van der Waals surface area contributed by atoms with Crippen LogP contribution < -0.4 is 5.32 Å². The molecule has 0 saturated heterocycles. The van der Waals surface area contributed by atoms with Gasteiger partial charge in [0.25, 0.3) is 0 Å². The van der Waals surface area contributed by atoms with E-state index < -0.39 is 0 Å². The molecule has 2 heteroatoms. The molecule has 4 aliphatic carbocycles. The largest absolute Gasteiger partial charge is 0.351 e. The molecule has 0 aliphatic heterocycles. The summed E-state index contributed by atoms with van der Waals surface area (Å²) in [6, 6.07) is 0. The molecule has 2 unspecified atom stereocenters. The topological polar surface area (TPSA) is 29.1 Å². The minimum absolute atomic E-state index is 0.0593. The van der Waals surface area contributed by atoms with E-state index in [1.54, 1.807) is 0 Å². The van der Waals surface area contributed by atoms with Crippen LogP contribution in [0.2, 0.25) is 0 Å². The highest BCUT2D eigenvalue weighted by atomic mass is 16.2. The van der Waals surface area contributed by atoms with Crippen molar-refractivity contribution in [3.8, 4) is 0 Å². The second-order valence-electron chi connectivity index (χ2n) is 9.61. The fourth-order valence-electron chi connectivity index (χ4n) is 6.17. The quantitative estimate of drug-likeness (QED) is 0.764. The molecule has 4 atom stereocenters. The van der Waals surface area contributed by atoms with Gasteiger partial charge in [0.2, 0.25) is 5.91 Å². The number of rotatable bonds is 1. The average molecular weight is 263 g/mol. The van der Waals surface area contributed by atoms with Gasteiger partial charge >= 0.3 is 0 Å². The third kappa shape index (κ3) is 2.21. The van der Waals surface area contributed by atoms with Crippen LogP contribution in [0.4, 0.5) is 0 Å². The van der Waals surface area contributed by atoms with Gasteiger partial charge in [-0.15, -0.1) is 0 Å². The van der Waals surface area contributed by atoms with E-state index in [0.29, 0.717) is 16.7 Å². The van der Waals surface area contributed by atoms with Gasteiger partial charge in [0, 0.05) is 5.54 Å². The summed E-state index contributed by atoms with van der Waals surface area (Å²) in [6.07, 6.45) is 7.42. The van der Waals surface area contributed by atoms with Crippen LogP contribution in [-0.4, -0.2) is 11.4 Å². The summed E-state index contributed by atoms with van der Waals surface area (Å²) in [6.45, 7) is 11.1. The van der Waals surface area contributed by atoms with Crippen molar-refractivity contribution in [1.82, 2.24) is 5.32 Å². The summed E-state index contributed by atoms with van der Waals surface area (Å²) in [4.78, 5) is 12.9. The fourth-order valence-corrected chi connectivity index (χ4v) is 6.17. The monoisotopic (exact) mass is 263 g/mol. The highest BCUT2D eigenvalue weighted by Gasteiger charge is 2.62. The zero-order valence-corrected chi connectivity index (χ0v) is 13.2. The molecule has 0 radical (unpaired) electrons. The molecule has 4 bridgehead atoms. The van der Waals surface area contributed by atoms with Crippen LogP contribution >= 0.6 is 0 Å². The van der Waals surface area contributed by atoms with Gasteiger partial charge in [-0.05, 0) is 76.0 Å². The fraction of sp³-hybridized carbons (Fsp3) is 0.941. The highest BCUT2D eigenvalue weighted by molar-refractivity contribution is 5.84. The second-order valence-corrected chi connectivity index (χ2v) is 9.61. The van der Waals surface area contributed by atoms with Crippen molar-refractivity contribution >= 4 is 5.91 Å². The molecule has 4 saturated carbocycles. The minimum atomic E-state index is -0.109. The van der Waals surface area contributed by atoms with E-state index in [-0.39, 0.29) is 11.0 Å². The summed E-state index contributed by atoms with van der Waals surface area (Å²) in [5.74, 6) is 1.12. The Hall–Kier alpha value is -0.530. The van der Waals surface area contributed by atoms with Gasteiger partial charge < -0.3 is 5.32 Å². The molecule has 4 fully saturated rings. The first-order chi connectivity index (χ1) is 8.53. The summed E-state index contributed by atoms with van der Waals surface area (Å²) < 4.78 is 0. The SMILES string of the molecule is CC(C)(C)NC(=O)C12CC3C[C@@](C)(C1)C[C@](C)(C3)C2. The smallest absolute Gasteiger partial charge is 0.226 e. The molecule has 0 aromatic heterocycles. The Bertz CT molecular complexity index is 401. The second kappa shape index (κ2) is 3.56. The lowest BCUT2D eigenvalue weighted by Gasteiger charge is -2.64. The molecular formula is C17H29NO. The Morgan fingerprint density at radius 1 is 1.00 bits per heavy atom. The predicted octanol–water partition coefficient (Wildman–Crippen LogP) is 3.90. The van der Waals surface area contributed by atoms with Gasteiger partial charge in [-0.25, -0.2) is 0 Å². The molecular weight excluding hydrogens is 234 g/mol. The van der Waals surface area contributed by atoms with Crippen LogP contribution in [0.15, 0.2) is 0 Å². The molecule has 2 nitrogen and oxygen atoms in total. The Balaban J connectivity index is 1.90. The molecule has 108 valence electrons. The van der Waals surface area contributed by atoms with Gasteiger partial charge in [0.1, 0.15) is 0 Å². The van der Waals surface area contributed by atoms with Crippen molar-refractivity contribution in [2.24, 2.45) is 22.2 Å². The molecule has 0 spiro atoms. The zero-order valence-electron chi connectivity index (χ0n) is 13.2. The van der Waals surface area contributed by atoms with Crippen LogP contribution in [0.1, 0.15) is 73.1 Å². The van der Waals surface area contributed by atoms with Crippen LogP contribution in [0.5, 0.6) is 0 Å². The molecule has 4 rings (SSSR count). The lowest BCUT2D eigenvalue weighted by molar-refractivity contribution is -0.171. The molecule has 1 amide bonds. The Labute approximate surface area is 117 Å². The van der Waals surface area contributed by atoms with Crippen molar-refractivity contribution < 1.29 is 4.79 Å². The summed E-state index contributed by atoms with van der Waals surface area (Å²) in [5, 5.41) is 3.27. The van der Waals surface area contributed by atoms with Gasteiger partial charge in [-0.2, -0.15) is 0 Å². The van der Waals surface area contributed by atoms with Crippen LogP contribution in [0, 0.1) is 22.2 Å². The normalized spacial score (nSPS) is 48.4. The van der Waals surface area contributed by atoms with Crippen molar-refractivity contribution in [3.05, 3.63) is 0 Å². The van der Waals surface area contributed by atoms with E-state index in [1.165, 1.54) is 19.3 Å². The third-order valence-corrected chi connectivity index (χ3v) is 5.60. The number of nitrogens with one attached hydrogen (secondary N) is 1. The Morgan fingerprint density at radius 2 is 1.53 bits per heavy atom. The number of carbonyl (C=O) groups is 1. The third-order valence-electron chi connectivity index (χ3n) is 5.60. The van der Waals surface area contributed by atoms with E-state index in [9.17, 15) is 4.79 Å². The summed E-state index contributed by atoms with van der Waals surface area (Å²) in [7, 11) is 0. The van der Waals surface area contributed by atoms with E-state index >= 15 is 0 Å². The van der Waals surface area contributed by atoms with Crippen molar-refractivity contribution in [1.29, 1.82) is 0 Å². The number of amides is 1. The number of hydrogen-bond donors (Lipinski definition) is 1. The van der Waals surface area contributed by atoms with Crippen molar-refractivity contribution in [2.75, 3.05) is 0 Å². The molecule has 0 heterocycles. The average Bonchev–Trinajstić information content (AvgIpc) is 2.07. The molecule has 0 aromatic carbocycles. The van der Waals surface area contributed by atoms with Gasteiger partial charge in [-0.3, -0.25) is 4.79 Å². The van der Waals surface area contributed by atoms with Crippen LogP contribution in [0.3, 0.4) is 0 Å². The molecule has 0 aromatic rings. The maximum absolute atomic E-state index is 12.9. The van der Waals surface area contributed by atoms with E-state index in [0.717, 1.165) is 25.2 Å². The molecule has 19 heavy (non-hydrogen) atoms. The predicted molar refractivity (Wildman–Crippen MR) is 77.7 cm³/mol. The minimum Gasteiger partial charge on any atom is -0.351 e. The number of hydrogen-bond acceptors (Lipinski definition) is 1. The summed E-state index contributed by atoms with van der Waals surface area (Å²) >= 11 is 0. The van der Waals surface area contributed by atoms with Crippen LogP contribution in [0.25, 0.3) is 0 Å². The van der Waals surface area contributed by atoms with Gasteiger partial charge in [0.15, 0.2) is 0 Å². The zero-order chi connectivity index (χ0) is 14.1. The van der Waals surface area contributed by atoms with Crippen molar-refractivity contribution in [2.45, 2.75) is 78.7 Å². The highest BCUT2D eigenvalue weighted by Crippen LogP contribution is 2.69. The lowest BCUT2D eigenvalue weighted by atomic mass is 9.40. The van der Waals surface area contributed by atoms with Crippen LogP contribution in [-0.2, 0) is 4.79 Å². The lowest BCUT2D eigenvalue weighted by Crippen LogP contribution is -2.61. The maximum Gasteiger partial charge on any atom is 0.226 e. The van der Waals surface area contributed by atoms with E-state index in [2.05, 4.69) is 39.9 Å². The molecule has 4 aliphatic rings. The first-order valence-electron chi connectivity index (χ1n) is 7.86. The molecule has 1 N–H and O–H groups in total. The summed E-state index contributed by atoms with van der Waals surface area (Å²) in [5.41, 5.74) is 0.672. The maximum atomic E-state index is 12.9. The van der Waals surface area contributed by atoms with Gasteiger partial charge in [-0.1, -0.05) is 13.8 Å². The standard InChI is InChI=1S/C17H29NO/c1-14(2,3)18-13(19)17-8-12-6-15(4,10-17)9-16(5,7-12)11-17/h12H,6-11H2,1-5H3,(H,18,19)/t12?,15-,16+,17?. The van der Waals surface area contributed by atoms with E-state index in [1.807, 2.05) is 0 Å². The Kier molecular flexibility index (Phi) is 2.52. The first-order valence-corrected chi connectivity index (χ1v) is 7.86. The Morgan fingerprint density at radius 3 is 1.95 bits per heavy atom. The van der Waals surface area contributed by atoms with Gasteiger partial charge in [0.05, 0.1) is 5.41 Å². The van der Waals surface area contributed by atoms with Crippen molar-refractivity contribution in [3.63, 3.8) is 0 Å². The van der Waals surface area contributed by atoms with E-state index in [4.69, 9.17) is 0 Å².